The molecular weight excluding hydrogens is 331 g/mol. The van der Waals surface area contributed by atoms with Crippen molar-refractivity contribution < 1.29 is 26.3 Å². The molecule has 0 heterocycles. The van der Waals surface area contributed by atoms with E-state index in [2.05, 4.69) is 9.46 Å². The van der Waals surface area contributed by atoms with Gasteiger partial charge >= 0.3 is 6.36 Å². The summed E-state index contributed by atoms with van der Waals surface area (Å²) in [6, 6.07) is 10.8. The average molecular weight is 345 g/mol. The third-order valence-electron chi connectivity index (χ3n) is 2.98. The number of ether oxygens (including phenoxy) is 1. The van der Waals surface area contributed by atoms with Gasteiger partial charge in [-0.1, -0.05) is 19.1 Å². The molecule has 124 valence electrons. The van der Waals surface area contributed by atoms with Crippen molar-refractivity contribution in [3.63, 3.8) is 0 Å². The second-order valence-corrected chi connectivity index (χ2v) is 6.36. The summed E-state index contributed by atoms with van der Waals surface area (Å²) >= 11 is 0. The fraction of sp³-hybridized carbons (Fsp3) is 0.200. The maximum absolute atomic E-state index is 12.2. The van der Waals surface area contributed by atoms with E-state index >= 15 is 0 Å². The van der Waals surface area contributed by atoms with Gasteiger partial charge in [-0.3, -0.25) is 4.72 Å². The molecule has 1 N–H and O–H groups in total. The number of aryl methyl sites for hydroxylation is 1. The first kappa shape index (κ1) is 17.1. The minimum atomic E-state index is -4.79. The lowest BCUT2D eigenvalue weighted by Crippen LogP contribution is -2.17. The van der Waals surface area contributed by atoms with Gasteiger partial charge in [0.25, 0.3) is 10.0 Å². The topological polar surface area (TPSA) is 55.4 Å². The van der Waals surface area contributed by atoms with Gasteiger partial charge in [0, 0.05) is 5.69 Å². The van der Waals surface area contributed by atoms with Crippen LogP contribution in [0, 0.1) is 0 Å². The largest absolute Gasteiger partial charge is 0.573 e. The van der Waals surface area contributed by atoms with Crippen LogP contribution in [-0.2, 0) is 16.4 Å². The Morgan fingerprint density at radius 2 is 1.57 bits per heavy atom. The van der Waals surface area contributed by atoms with Crippen molar-refractivity contribution in [2.24, 2.45) is 0 Å². The van der Waals surface area contributed by atoms with Crippen molar-refractivity contribution in [1.29, 1.82) is 0 Å². The predicted octanol–water partition coefficient (Wildman–Crippen LogP) is 3.95. The van der Waals surface area contributed by atoms with E-state index in [1.54, 1.807) is 12.1 Å². The molecule has 0 bridgehead atoms. The van der Waals surface area contributed by atoms with E-state index in [4.69, 9.17) is 0 Å². The third kappa shape index (κ3) is 4.88. The first-order valence-electron chi connectivity index (χ1n) is 6.67. The quantitative estimate of drug-likeness (QED) is 0.893. The average Bonchev–Trinajstić information content (AvgIpc) is 2.48. The number of anilines is 1. The molecule has 0 aliphatic carbocycles. The molecule has 0 saturated heterocycles. The Morgan fingerprint density at radius 1 is 1.00 bits per heavy atom. The molecule has 0 aliphatic heterocycles. The van der Waals surface area contributed by atoms with Crippen LogP contribution >= 0.6 is 0 Å². The Labute approximate surface area is 132 Å². The molecule has 2 rings (SSSR count). The van der Waals surface area contributed by atoms with Crippen LogP contribution in [0.25, 0.3) is 0 Å². The molecular formula is C15H14F3NO3S. The molecule has 0 radical (unpaired) electrons. The van der Waals surface area contributed by atoms with Gasteiger partial charge in [-0.05, 0) is 48.4 Å². The van der Waals surface area contributed by atoms with Gasteiger partial charge in [0.15, 0.2) is 0 Å². The van der Waals surface area contributed by atoms with Crippen molar-refractivity contribution >= 4 is 15.7 Å². The molecule has 0 aromatic heterocycles. The van der Waals surface area contributed by atoms with Crippen LogP contribution < -0.4 is 9.46 Å². The molecule has 4 nitrogen and oxygen atoms in total. The molecule has 23 heavy (non-hydrogen) atoms. The molecule has 0 aliphatic rings. The maximum atomic E-state index is 12.2. The number of rotatable bonds is 5. The molecule has 0 fully saturated rings. The van der Waals surface area contributed by atoms with Gasteiger partial charge < -0.3 is 4.74 Å². The van der Waals surface area contributed by atoms with E-state index in [1.807, 2.05) is 6.92 Å². The van der Waals surface area contributed by atoms with Crippen LogP contribution in [0.15, 0.2) is 53.4 Å². The monoisotopic (exact) mass is 345 g/mol. The van der Waals surface area contributed by atoms with Crippen LogP contribution in [0.2, 0.25) is 0 Å². The Hall–Kier alpha value is -2.22. The highest BCUT2D eigenvalue weighted by atomic mass is 32.2. The highest BCUT2D eigenvalue weighted by molar-refractivity contribution is 7.92. The summed E-state index contributed by atoms with van der Waals surface area (Å²) in [6.07, 6.45) is -4.00. The second-order valence-electron chi connectivity index (χ2n) is 4.68. The van der Waals surface area contributed by atoms with E-state index < -0.39 is 22.1 Å². The molecule has 2 aromatic carbocycles. The van der Waals surface area contributed by atoms with Crippen LogP contribution in [0.5, 0.6) is 5.75 Å². The molecule has 2 aromatic rings. The summed E-state index contributed by atoms with van der Waals surface area (Å²) < 4.78 is 66.6. The van der Waals surface area contributed by atoms with E-state index in [1.165, 1.54) is 24.3 Å². The lowest BCUT2D eigenvalue weighted by atomic mass is 10.2. The molecule has 0 atom stereocenters. The summed E-state index contributed by atoms with van der Waals surface area (Å²) in [7, 11) is -3.80. The minimum absolute atomic E-state index is 0.0744. The van der Waals surface area contributed by atoms with Crippen LogP contribution in [-0.4, -0.2) is 14.8 Å². The van der Waals surface area contributed by atoms with Gasteiger partial charge in [-0.2, -0.15) is 0 Å². The molecule has 0 spiro atoms. The summed E-state index contributed by atoms with van der Waals surface area (Å²) in [5, 5.41) is 0. The van der Waals surface area contributed by atoms with Crippen molar-refractivity contribution in [2.45, 2.75) is 24.6 Å². The van der Waals surface area contributed by atoms with Crippen LogP contribution in [0.1, 0.15) is 12.5 Å². The number of alkyl halides is 3. The smallest absolute Gasteiger partial charge is 0.406 e. The predicted molar refractivity (Wildman–Crippen MR) is 79.8 cm³/mol. The van der Waals surface area contributed by atoms with Gasteiger partial charge in [0.05, 0.1) is 4.90 Å². The van der Waals surface area contributed by atoms with Gasteiger partial charge in [0.1, 0.15) is 5.75 Å². The zero-order valence-electron chi connectivity index (χ0n) is 12.1. The Bertz CT molecular complexity index is 754. The highest BCUT2D eigenvalue weighted by Crippen LogP contribution is 2.25. The summed E-state index contributed by atoms with van der Waals surface area (Å²) in [5.41, 5.74) is 1.14. The van der Waals surface area contributed by atoms with E-state index in [9.17, 15) is 21.6 Å². The highest BCUT2D eigenvalue weighted by Gasteiger charge is 2.31. The summed E-state index contributed by atoms with van der Waals surface area (Å²) in [5.74, 6) is -0.423. The first-order chi connectivity index (χ1) is 10.7. The molecule has 0 saturated carbocycles. The summed E-state index contributed by atoms with van der Waals surface area (Å²) in [4.78, 5) is 0.0744. The standard InChI is InChI=1S/C15H14F3NO3S/c1-2-11-3-9-14(10-4-11)23(20,21)19-12-5-7-13(8-6-12)22-15(16,17)18/h3-10,19H,2H2,1H3. The Balaban J connectivity index is 2.13. The van der Waals surface area contributed by atoms with Gasteiger partial charge in [-0.25, -0.2) is 8.42 Å². The lowest BCUT2D eigenvalue weighted by Gasteiger charge is -2.11. The third-order valence-corrected chi connectivity index (χ3v) is 4.38. The fourth-order valence-corrected chi connectivity index (χ4v) is 2.90. The van der Waals surface area contributed by atoms with Crippen molar-refractivity contribution in [2.75, 3.05) is 4.72 Å². The molecule has 0 amide bonds. The van der Waals surface area contributed by atoms with Crippen molar-refractivity contribution in [3.8, 4) is 5.75 Å². The molecule has 0 unspecified atom stereocenters. The fourth-order valence-electron chi connectivity index (χ4n) is 1.84. The zero-order chi connectivity index (χ0) is 17.1. The normalized spacial score (nSPS) is 12.0. The Morgan fingerprint density at radius 3 is 2.04 bits per heavy atom. The van der Waals surface area contributed by atoms with E-state index in [0.717, 1.165) is 24.1 Å². The minimum Gasteiger partial charge on any atom is -0.406 e. The van der Waals surface area contributed by atoms with Gasteiger partial charge in [-0.15, -0.1) is 13.2 Å². The SMILES string of the molecule is CCc1ccc(S(=O)(=O)Nc2ccc(OC(F)(F)F)cc2)cc1. The van der Waals surface area contributed by atoms with Crippen molar-refractivity contribution in [3.05, 3.63) is 54.1 Å². The van der Waals surface area contributed by atoms with Crippen LogP contribution in [0.4, 0.5) is 18.9 Å². The Kier molecular flexibility index (Phi) is 4.84. The number of benzene rings is 2. The van der Waals surface area contributed by atoms with Crippen molar-refractivity contribution in [1.82, 2.24) is 0 Å². The van der Waals surface area contributed by atoms with E-state index in [-0.39, 0.29) is 10.6 Å². The molecule has 8 heteroatoms. The zero-order valence-corrected chi connectivity index (χ0v) is 12.9. The number of nitrogens with one attached hydrogen (secondary N) is 1. The second kappa shape index (κ2) is 6.49. The number of sulfonamides is 1. The van der Waals surface area contributed by atoms with E-state index in [0.29, 0.717) is 0 Å². The van der Waals surface area contributed by atoms with Crippen LogP contribution in [0.3, 0.4) is 0 Å². The number of halogens is 3. The first-order valence-corrected chi connectivity index (χ1v) is 8.15. The summed E-state index contributed by atoms with van der Waals surface area (Å²) in [6.45, 7) is 1.95. The lowest BCUT2D eigenvalue weighted by molar-refractivity contribution is -0.274. The number of hydrogen-bond donors (Lipinski definition) is 1. The van der Waals surface area contributed by atoms with Gasteiger partial charge in [0.2, 0.25) is 0 Å². The maximum Gasteiger partial charge on any atom is 0.573 e. The number of hydrogen-bond acceptors (Lipinski definition) is 3.